The van der Waals surface area contributed by atoms with E-state index in [4.69, 9.17) is 9.47 Å². The van der Waals surface area contributed by atoms with E-state index in [1.54, 1.807) is 47.6 Å². The van der Waals surface area contributed by atoms with E-state index in [-0.39, 0.29) is 32.4 Å². The standard InChI is InChI=1S/C41H53N7O9/c1-40(2,3)56-38(54)43-22-34(50)47-23-29(46-39(55)57-41(4,5)6)20-32(47)37(53)48-24-28(45-36(52)33(49)17-16-25-12-8-7-9-13-25)19-31(48)35(51)44-27-18-26-14-10-11-15-30(26)42-21-27/h7-15,18,21,28-29,31-33,49H,16-17,19-20,22-24H2,1-6H3,(H,43,54)(H,44,51)(H,45,52)(H,46,55)/t28-,29-,31+,32+,33-/m1/s1. The van der Waals surface area contributed by atoms with E-state index in [1.807, 2.05) is 54.6 Å². The van der Waals surface area contributed by atoms with Gasteiger partial charge in [-0.2, -0.15) is 0 Å². The fourth-order valence-electron chi connectivity index (χ4n) is 6.85. The molecule has 5 atom stereocenters. The van der Waals surface area contributed by atoms with Crippen LogP contribution in [0.3, 0.4) is 0 Å². The number of aromatic nitrogens is 1. The number of hydrogen-bond acceptors (Lipinski definition) is 10. The van der Waals surface area contributed by atoms with Gasteiger partial charge in [0.2, 0.25) is 23.6 Å². The number of aliphatic hydroxyl groups is 1. The smallest absolute Gasteiger partial charge is 0.408 e. The summed E-state index contributed by atoms with van der Waals surface area (Å²) in [4.78, 5) is 87.8. The van der Waals surface area contributed by atoms with Crippen molar-refractivity contribution < 1.29 is 43.3 Å². The molecule has 6 amide bonds. The highest BCUT2D eigenvalue weighted by molar-refractivity contribution is 6.00. The van der Waals surface area contributed by atoms with Crippen molar-refractivity contribution in [3.05, 3.63) is 72.4 Å². The van der Waals surface area contributed by atoms with Gasteiger partial charge in [0.1, 0.15) is 35.9 Å². The first-order valence-electron chi connectivity index (χ1n) is 19.1. The molecule has 0 saturated carbocycles. The minimum atomic E-state index is -1.34. The second kappa shape index (κ2) is 18.0. The highest BCUT2D eigenvalue weighted by Crippen LogP contribution is 2.28. The Bertz CT molecular complexity index is 1950. The van der Waals surface area contributed by atoms with Crippen LogP contribution in [0.5, 0.6) is 0 Å². The van der Waals surface area contributed by atoms with Gasteiger partial charge in [-0.1, -0.05) is 48.5 Å². The molecule has 5 N–H and O–H groups in total. The van der Waals surface area contributed by atoms with Gasteiger partial charge in [0.05, 0.1) is 23.4 Å². The number of carbonyl (C=O) groups is 6. The van der Waals surface area contributed by atoms with Crippen molar-refractivity contribution in [2.45, 2.75) is 109 Å². The monoisotopic (exact) mass is 787 g/mol. The largest absolute Gasteiger partial charge is 0.444 e. The zero-order chi connectivity index (χ0) is 41.5. The van der Waals surface area contributed by atoms with Crippen LogP contribution in [0, 0.1) is 0 Å². The molecule has 57 heavy (non-hydrogen) atoms. The third-order valence-electron chi connectivity index (χ3n) is 9.35. The van der Waals surface area contributed by atoms with Gasteiger partial charge in [-0.3, -0.25) is 24.2 Å². The van der Waals surface area contributed by atoms with E-state index in [9.17, 15) is 33.9 Å². The second-order valence-corrected chi connectivity index (χ2v) is 16.4. The first-order valence-corrected chi connectivity index (χ1v) is 19.1. The van der Waals surface area contributed by atoms with Crippen LogP contribution in [0.4, 0.5) is 15.3 Å². The van der Waals surface area contributed by atoms with E-state index >= 15 is 0 Å². The number of aryl methyl sites for hydroxylation is 1. The van der Waals surface area contributed by atoms with Crippen molar-refractivity contribution in [3.8, 4) is 0 Å². The maximum atomic E-state index is 14.6. The number of nitrogens with one attached hydrogen (secondary N) is 4. The van der Waals surface area contributed by atoms with Crippen molar-refractivity contribution in [3.63, 3.8) is 0 Å². The first-order chi connectivity index (χ1) is 26.8. The number of pyridine rings is 1. The van der Waals surface area contributed by atoms with Gasteiger partial charge in [0.15, 0.2) is 0 Å². The van der Waals surface area contributed by atoms with Crippen LogP contribution in [0.1, 0.15) is 66.4 Å². The highest BCUT2D eigenvalue weighted by atomic mass is 16.6. The van der Waals surface area contributed by atoms with E-state index in [1.165, 1.54) is 16.0 Å². The van der Waals surface area contributed by atoms with E-state index in [0.29, 0.717) is 12.1 Å². The number of ether oxygens (including phenoxy) is 2. The van der Waals surface area contributed by atoms with Crippen molar-refractivity contribution >= 4 is 52.4 Å². The number of hydrogen-bond donors (Lipinski definition) is 5. The molecular formula is C41H53N7O9. The molecule has 306 valence electrons. The first kappa shape index (κ1) is 42.4. The summed E-state index contributed by atoms with van der Waals surface area (Å²) in [5, 5.41) is 22.4. The number of benzene rings is 2. The summed E-state index contributed by atoms with van der Waals surface area (Å²) < 4.78 is 10.7. The number of anilines is 1. The van der Waals surface area contributed by atoms with Crippen LogP contribution < -0.4 is 21.3 Å². The molecule has 2 fully saturated rings. The molecule has 0 spiro atoms. The maximum absolute atomic E-state index is 14.6. The minimum absolute atomic E-state index is 0.0101. The molecular weight excluding hydrogens is 734 g/mol. The zero-order valence-corrected chi connectivity index (χ0v) is 33.2. The summed E-state index contributed by atoms with van der Waals surface area (Å²) >= 11 is 0. The Morgan fingerprint density at radius 2 is 1.42 bits per heavy atom. The number of fused-ring (bicyclic) bond motifs is 1. The molecule has 2 aromatic carbocycles. The van der Waals surface area contributed by atoms with Gasteiger partial charge < -0.3 is 45.6 Å². The van der Waals surface area contributed by atoms with Gasteiger partial charge in [0.25, 0.3) is 0 Å². The summed E-state index contributed by atoms with van der Waals surface area (Å²) in [5.41, 5.74) is 0.444. The lowest BCUT2D eigenvalue weighted by molar-refractivity contribution is -0.145. The summed E-state index contributed by atoms with van der Waals surface area (Å²) in [6.45, 7) is 9.44. The lowest BCUT2D eigenvalue weighted by Gasteiger charge is -2.31. The summed E-state index contributed by atoms with van der Waals surface area (Å²) in [5.74, 6) is -2.42. The fourth-order valence-corrected chi connectivity index (χ4v) is 6.85. The fraction of sp³-hybridized carbons (Fsp3) is 0.488. The molecule has 0 unspecified atom stereocenters. The van der Waals surface area contributed by atoms with Crippen molar-refractivity contribution in [2.75, 3.05) is 25.0 Å². The van der Waals surface area contributed by atoms with Gasteiger partial charge in [-0.05, 0) is 84.9 Å². The molecule has 2 aliphatic rings. The lowest BCUT2D eigenvalue weighted by Crippen LogP contribution is -2.53. The molecule has 2 aliphatic heterocycles. The Morgan fingerprint density at radius 3 is 2.12 bits per heavy atom. The van der Waals surface area contributed by atoms with Crippen LogP contribution in [0.15, 0.2) is 66.9 Å². The van der Waals surface area contributed by atoms with Gasteiger partial charge >= 0.3 is 12.2 Å². The lowest BCUT2D eigenvalue weighted by atomic mass is 10.1. The number of para-hydroxylation sites is 1. The Hall–Kier alpha value is -5.77. The third-order valence-corrected chi connectivity index (χ3v) is 9.35. The second-order valence-electron chi connectivity index (χ2n) is 16.4. The van der Waals surface area contributed by atoms with Gasteiger partial charge in [0, 0.05) is 24.5 Å². The number of carbonyl (C=O) groups excluding carboxylic acids is 6. The van der Waals surface area contributed by atoms with Gasteiger partial charge in [-0.25, -0.2) is 9.59 Å². The quantitative estimate of drug-likeness (QED) is 0.192. The maximum Gasteiger partial charge on any atom is 0.408 e. The molecule has 16 nitrogen and oxygen atoms in total. The van der Waals surface area contributed by atoms with Crippen molar-refractivity contribution in [2.24, 2.45) is 0 Å². The Balaban J connectivity index is 1.36. The average Bonchev–Trinajstić information content (AvgIpc) is 3.76. The number of aliphatic hydroxyl groups excluding tert-OH is 1. The molecule has 5 rings (SSSR count). The molecule has 0 radical (unpaired) electrons. The predicted molar refractivity (Wildman–Crippen MR) is 211 cm³/mol. The molecule has 3 aromatic rings. The average molecular weight is 788 g/mol. The minimum Gasteiger partial charge on any atom is -0.444 e. The molecule has 3 heterocycles. The number of nitrogens with zero attached hydrogens (tertiary/aromatic N) is 3. The topological polar surface area (TPSA) is 209 Å². The van der Waals surface area contributed by atoms with Crippen LogP contribution in [-0.4, -0.2) is 117 Å². The summed E-state index contributed by atoms with van der Waals surface area (Å²) in [6.07, 6.45) is -0.797. The Morgan fingerprint density at radius 1 is 0.807 bits per heavy atom. The Kier molecular flexibility index (Phi) is 13.4. The molecule has 16 heteroatoms. The van der Waals surface area contributed by atoms with Crippen LogP contribution in [-0.2, 0) is 35.1 Å². The number of likely N-dealkylation sites (tertiary alicyclic amines) is 2. The van der Waals surface area contributed by atoms with E-state index in [0.717, 1.165) is 16.5 Å². The van der Waals surface area contributed by atoms with Crippen LogP contribution in [0.25, 0.3) is 10.9 Å². The van der Waals surface area contributed by atoms with E-state index < -0.39 is 83.8 Å². The molecule has 0 bridgehead atoms. The predicted octanol–water partition coefficient (Wildman–Crippen LogP) is 3.27. The normalized spacial score (nSPS) is 20.1. The Labute approximate surface area is 332 Å². The molecule has 0 aliphatic carbocycles. The van der Waals surface area contributed by atoms with Crippen molar-refractivity contribution in [1.29, 1.82) is 0 Å². The number of rotatable bonds is 11. The van der Waals surface area contributed by atoms with Gasteiger partial charge in [-0.15, -0.1) is 0 Å². The summed E-state index contributed by atoms with van der Waals surface area (Å²) in [7, 11) is 0. The SMILES string of the molecule is CC(C)(C)OC(=O)NCC(=O)N1C[C@H](NC(=O)OC(C)(C)C)C[C@H]1C(=O)N1C[C@H](NC(=O)[C@H](O)CCc2ccccc2)C[C@H]1C(=O)Nc1cnc2ccccc2c1. The summed E-state index contributed by atoms with van der Waals surface area (Å²) in [6, 6.07) is 14.8. The van der Waals surface area contributed by atoms with Crippen molar-refractivity contribution in [1.82, 2.24) is 30.7 Å². The van der Waals surface area contributed by atoms with E-state index in [2.05, 4.69) is 26.3 Å². The highest BCUT2D eigenvalue weighted by Gasteiger charge is 2.48. The number of alkyl carbamates (subject to hydrolysis) is 2. The van der Waals surface area contributed by atoms with Crippen LogP contribution in [0.2, 0.25) is 0 Å². The third kappa shape index (κ3) is 12.1. The molecule has 2 saturated heterocycles. The zero-order valence-electron chi connectivity index (χ0n) is 33.2. The number of amides is 6. The molecule has 1 aromatic heterocycles. The van der Waals surface area contributed by atoms with Crippen LogP contribution >= 0.6 is 0 Å².